The molecule has 0 saturated heterocycles. The summed E-state index contributed by atoms with van der Waals surface area (Å²) in [5.74, 6) is -1.01. The van der Waals surface area contributed by atoms with Crippen LogP contribution in [-0.4, -0.2) is 44.6 Å². The zero-order valence-corrected chi connectivity index (χ0v) is 17.4. The Morgan fingerprint density at radius 3 is 2.31 bits per heavy atom. The fraction of sp³-hybridized carbons (Fsp3) is 0.350. The number of alkyl halides is 3. The van der Waals surface area contributed by atoms with Crippen molar-refractivity contribution in [3.05, 3.63) is 57.6 Å². The first-order valence-corrected chi connectivity index (χ1v) is 9.20. The minimum absolute atomic E-state index is 0.0705. The number of rotatable bonds is 10. The van der Waals surface area contributed by atoms with E-state index in [9.17, 15) is 28.1 Å². The van der Waals surface area contributed by atoms with E-state index in [0.717, 1.165) is 18.2 Å². The van der Waals surface area contributed by atoms with E-state index in [2.05, 4.69) is 10.1 Å². The van der Waals surface area contributed by atoms with E-state index in [0.29, 0.717) is 5.56 Å². The molecule has 174 valence electrons. The molecule has 0 aromatic heterocycles. The van der Waals surface area contributed by atoms with Crippen molar-refractivity contribution in [2.24, 2.45) is 0 Å². The van der Waals surface area contributed by atoms with Crippen molar-refractivity contribution in [3.63, 3.8) is 0 Å². The molecule has 1 atom stereocenters. The van der Waals surface area contributed by atoms with Gasteiger partial charge in [0.15, 0.2) is 11.5 Å². The lowest BCUT2D eigenvalue weighted by Crippen LogP contribution is -2.27. The molecule has 2 aromatic carbocycles. The number of nitro groups is 1. The van der Waals surface area contributed by atoms with Crippen LogP contribution in [0.5, 0.6) is 17.2 Å². The van der Waals surface area contributed by atoms with Crippen LogP contribution in [0.2, 0.25) is 0 Å². The van der Waals surface area contributed by atoms with Crippen molar-refractivity contribution in [1.29, 1.82) is 0 Å². The Labute approximate surface area is 181 Å². The molecule has 9 nitrogen and oxygen atoms in total. The number of nitro benzene ring substituents is 1. The van der Waals surface area contributed by atoms with Crippen LogP contribution < -0.4 is 19.5 Å². The first kappa shape index (κ1) is 24.7. The molecule has 1 amide bonds. The summed E-state index contributed by atoms with van der Waals surface area (Å²) in [6.45, 7) is 1.92. The molecule has 1 N–H and O–H groups in total. The molecule has 0 fully saturated rings. The number of carbonyl (C=O) groups excluding carboxylic acids is 1. The minimum Gasteiger partial charge on any atom is -0.493 e. The maximum atomic E-state index is 12.7. The highest BCUT2D eigenvalue weighted by molar-refractivity contribution is 5.99. The van der Waals surface area contributed by atoms with Gasteiger partial charge in [0.2, 0.25) is 0 Å². The summed E-state index contributed by atoms with van der Waals surface area (Å²) in [4.78, 5) is 23.5. The van der Waals surface area contributed by atoms with Crippen LogP contribution in [0.3, 0.4) is 0 Å². The Hall–Kier alpha value is -3.54. The molecule has 0 radical (unpaired) electrons. The normalized spacial score (nSPS) is 12.1. The van der Waals surface area contributed by atoms with Crippen LogP contribution in [0.15, 0.2) is 36.4 Å². The largest absolute Gasteiger partial charge is 0.573 e. The first-order chi connectivity index (χ1) is 15.1. The molecule has 0 aliphatic heterocycles. The van der Waals surface area contributed by atoms with Crippen LogP contribution >= 0.6 is 0 Å². The van der Waals surface area contributed by atoms with Gasteiger partial charge < -0.3 is 24.3 Å². The predicted molar refractivity (Wildman–Crippen MR) is 106 cm³/mol. The van der Waals surface area contributed by atoms with Crippen molar-refractivity contribution in [1.82, 2.24) is 5.32 Å². The molecule has 0 spiro atoms. The Bertz CT molecular complexity index is 949. The molecule has 2 rings (SSSR count). The van der Waals surface area contributed by atoms with Gasteiger partial charge in [0, 0.05) is 13.2 Å². The van der Waals surface area contributed by atoms with Crippen LogP contribution in [-0.2, 0) is 4.74 Å². The predicted octanol–water partition coefficient (Wildman–Crippen LogP) is 4.02. The van der Waals surface area contributed by atoms with Crippen molar-refractivity contribution < 1.29 is 41.8 Å². The summed E-state index contributed by atoms with van der Waals surface area (Å²) in [6, 6.07) is 6.47. The number of hydrogen-bond acceptors (Lipinski definition) is 7. The lowest BCUT2D eigenvalue weighted by Gasteiger charge is -2.17. The summed E-state index contributed by atoms with van der Waals surface area (Å²) in [6.07, 6.45) is -4.82. The second kappa shape index (κ2) is 10.7. The summed E-state index contributed by atoms with van der Waals surface area (Å²) in [7, 11) is 2.79. The Balaban J connectivity index is 2.23. The van der Waals surface area contributed by atoms with Gasteiger partial charge >= 0.3 is 6.36 Å². The third-order valence-electron chi connectivity index (χ3n) is 4.23. The standard InChI is InChI=1S/C20H21F3N2O7/c1-12(13-4-6-14(7-5-13)32-20(21,22)23)24-19(26)15-10-17(30-3)18(31-9-8-29-2)11-16(15)25(27)28/h4-7,10-12H,8-9H2,1-3H3,(H,24,26). The quantitative estimate of drug-likeness (QED) is 0.325. The van der Waals surface area contributed by atoms with Crippen LogP contribution in [0.1, 0.15) is 28.9 Å². The van der Waals surface area contributed by atoms with E-state index in [1.807, 2.05) is 0 Å². The Kier molecular flexibility index (Phi) is 8.24. The number of methoxy groups -OCH3 is 2. The molecule has 0 heterocycles. The highest BCUT2D eigenvalue weighted by Crippen LogP contribution is 2.35. The summed E-state index contributed by atoms with van der Waals surface area (Å²) in [5.41, 5.74) is -0.311. The lowest BCUT2D eigenvalue weighted by atomic mass is 10.1. The van der Waals surface area contributed by atoms with Gasteiger partial charge in [-0.15, -0.1) is 13.2 Å². The molecule has 32 heavy (non-hydrogen) atoms. The van der Waals surface area contributed by atoms with Gasteiger partial charge in [0.25, 0.3) is 11.6 Å². The smallest absolute Gasteiger partial charge is 0.493 e. The molecule has 12 heteroatoms. The lowest BCUT2D eigenvalue weighted by molar-refractivity contribution is -0.385. The third kappa shape index (κ3) is 6.74. The second-order valence-corrected chi connectivity index (χ2v) is 6.43. The summed E-state index contributed by atoms with van der Waals surface area (Å²) >= 11 is 0. The number of hydrogen-bond donors (Lipinski definition) is 1. The average molecular weight is 458 g/mol. The molecule has 1 unspecified atom stereocenters. The van der Waals surface area contributed by atoms with Gasteiger partial charge in [0.05, 0.1) is 30.7 Å². The van der Waals surface area contributed by atoms with Gasteiger partial charge in [-0.2, -0.15) is 0 Å². The topological polar surface area (TPSA) is 109 Å². The number of amides is 1. The van der Waals surface area contributed by atoms with E-state index >= 15 is 0 Å². The van der Waals surface area contributed by atoms with Crippen LogP contribution in [0, 0.1) is 10.1 Å². The number of ether oxygens (including phenoxy) is 4. The highest BCUT2D eigenvalue weighted by atomic mass is 19.4. The molecular formula is C20H21F3N2O7. The summed E-state index contributed by atoms with van der Waals surface area (Å²) < 4.78 is 56.1. The molecule has 0 bridgehead atoms. The fourth-order valence-electron chi connectivity index (χ4n) is 2.71. The minimum atomic E-state index is -4.82. The van der Waals surface area contributed by atoms with Gasteiger partial charge in [0.1, 0.15) is 17.9 Å². The number of carbonyl (C=O) groups is 1. The summed E-state index contributed by atoms with van der Waals surface area (Å²) in [5, 5.41) is 14.1. The van der Waals surface area contributed by atoms with Gasteiger partial charge in [-0.3, -0.25) is 14.9 Å². The zero-order chi connectivity index (χ0) is 23.9. The molecule has 0 aliphatic carbocycles. The third-order valence-corrected chi connectivity index (χ3v) is 4.23. The van der Waals surface area contributed by atoms with Gasteiger partial charge in [-0.25, -0.2) is 0 Å². The highest BCUT2D eigenvalue weighted by Gasteiger charge is 2.31. The van der Waals surface area contributed by atoms with Crippen molar-refractivity contribution >= 4 is 11.6 Å². The number of nitrogens with one attached hydrogen (secondary N) is 1. The molecule has 2 aromatic rings. The number of halogens is 3. The Morgan fingerprint density at radius 1 is 1.12 bits per heavy atom. The second-order valence-electron chi connectivity index (χ2n) is 6.43. The zero-order valence-electron chi connectivity index (χ0n) is 17.4. The van der Waals surface area contributed by atoms with Gasteiger partial charge in [-0.1, -0.05) is 12.1 Å². The Morgan fingerprint density at radius 2 is 1.78 bits per heavy atom. The van der Waals surface area contributed by atoms with E-state index in [1.54, 1.807) is 6.92 Å². The van der Waals surface area contributed by atoms with E-state index < -0.39 is 34.7 Å². The molecular weight excluding hydrogens is 437 g/mol. The SMILES string of the molecule is COCCOc1cc([N+](=O)[O-])c(C(=O)NC(C)c2ccc(OC(F)(F)F)cc2)cc1OC. The van der Waals surface area contributed by atoms with Crippen LogP contribution in [0.4, 0.5) is 18.9 Å². The number of nitrogens with zero attached hydrogens (tertiary/aromatic N) is 1. The average Bonchev–Trinajstić information content (AvgIpc) is 2.72. The maximum Gasteiger partial charge on any atom is 0.573 e. The van der Waals surface area contributed by atoms with Crippen molar-refractivity contribution in [3.8, 4) is 17.2 Å². The maximum absolute atomic E-state index is 12.7. The molecule has 0 aliphatic rings. The van der Waals surface area contributed by atoms with Crippen molar-refractivity contribution in [2.45, 2.75) is 19.3 Å². The number of benzene rings is 2. The fourth-order valence-corrected chi connectivity index (χ4v) is 2.71. The van der Waals surface area contributed by atoms with Gasteiger partial charge in [-0.05, 0) is 24.6 Å². The van der Waals surface area contributed by atoms with E-state index in [4.69, 9.17) is 14.2 Å². The van der Waals surface area contributed by atoms with Crippen molar-refractivity contribution in [2.75, 3.05) is 27.4 Å². The van der Waals surface area contributed by atoms with Crippen LogP contribution in [0.25, 0.3) is 0 Å². The van der Waals surface area contributed by atoms with E-state index in [1.165, 1.54) is 32.4 Å². The molecule has 0 saturated carbocycles. The first-order valence-electron chi connectivity index (χ1n) is 9.20. The monoisotopic (exact) mass is 458 g/mol. The van der Waals surface area contributed by atoms with E-state index in [-0.39, 0.29) is 30.3 Å².